The molecule has 2 aromatic carbocycles. The van der Waals surface area contributed by atoms with E-state index in [1.807, 2.05) is 0 Å². The minimum Gasteiger partial charge on any atom is -0.493 e. The second-order valence-electron chi connectivity index (χ2n) is 5.83. The topological polar surface area (TPSA) is 68.8 Å². The van der Waals surface area contributed by atoms with Gasteiger partial charge in [-0.3, -0.25) is 10.1 Å². The van der Waals surface area contributed by atoms with Crippen molar-refractivity contribution in [2.45, 2.75) is 19.8 Å². The summed E-state index contributed by atoms with van der Waals surface area (Å²) in [5.41, 5.74) is 1.13. The van der Waals surface area contributed by atoms with Crippen LogP contribution in [0, 0.1) is 0 Å². The van der Waals surface area contributed by atoms with Gasteiger partial charge in [0.05, 0.1) is 25.3 Å². The van der Waals surface area contributed by atoms with E-state index in [0.29, 0.717) is 35.1 Å². The molecule has 0 heterocycles. The second kappa shape index (κ2) is 10.9. The third kappa shape index (κ3) is 6.10. The Morgan fingerprint density at radius 1 is 1.07 bits per heavy atom. The van der Waals surface area contributed by atoms with Crippen LogP contribution in [0.15, 0.2) is 40.9 Å². The molecule has 2 rings (SSSR count). The minimum absolute atomic E-state index is 0.177. The van der Waals surface area contributed by atoms with Crippen molar-refractivity contribution in [3.05, 3.63) is 46.4 Å². The van der Waals surface area contributed by atoms with Gasteiger partial charge >= 0.3 is 0 Å². The van der Waals surface area contributed by atoms with Crippen LogP contribution in [0.4, 0.5) is 5.69 Å². The van der Waals surface area contributed by atoms with Gasteiger partial charge in [-0.15, -0.1) is 0 Å². The van der Waals surface area contributed by atoms with Gasteiger partial charge in [-0.25, -0.2) is 0 Å². The van der Waals surface area contributed by atoms with Gasteiger partial charge in [0, 0.05) is 17.3 Å². The number of carbonyl (C=O) groups excluding carboxylic acids is 1. The third-order valence-electron chi connectivity index (χ3n) is 3.82. The summed E-state index contributed by atoms with van der Waals surface area (Å²) in [4.78, 5) is 12.4. The number of thiocarbonyl (C=S) groups is 1. The van der Waals surface area contributed by atoms with E-state index in [9.17, 15) is 4.79 Å². The van der Waals surface area contributed by atoms with E-state index in [4.69, 9.17) is 26.4 Å². The van der Waals surface area contributed by atoms with E-state index in [2.05, 4.69) is 33.5 Å². The summed E-state index contributed by atoms with van der Waals surface area (Å²) in [6.45, 7) is 2.74. The number of nitrogens with one attached hydrogen (secondary N) is 2. The van der Waals surface area contributed by atoms with Crippen molar-refractivity contribution in [2.75, 3.05) is 26.1 Å². The Hall–Kier alpha value is -2.32. The number of unbranched alkanes of at least 4 members (excludes halogenated alkanes) is 1. The summed E-state index contributed by atoms with van der Waals surface area (Å²) in [6.07, 6.45) is 2.04. The van der Waals surface area contributed by atoms with Gasteiger partial charge in [-0.05, 0) is 64.9 Å². The first kappa shape index (κ1) is 22.0. The normalized spacial score (nSPS) is 10.1. The van der Waals surface area contributed by atoms with Crippen LogP contribution in [-0.4, -0.2) is 31.8 Å². The number of amides is 1. The molecule has 28 heavy (non-hydrogen) atoms. The first-order valence-corrected chi connectivity index (χ1v) is 9.95. The molecule has 0 aromatic heterocycles. The maximum Gasteiger partial charge on any atom is 0.257 e. The lowest BCUT2D eigenvalue weighted by Gasteiger charge is -2.13. The average molecular weight is 467 g/mol. The van der Waals surface area contributed by atoms with Crippen molar-refractivity contribution in [1.29, 1.82) is 0 Å². The standard InChI is InChI=1S/C20H23BrN2O4S/c1-4-5-10-27-16-8-6-13(11-15(16)21)19(24)23-20(28)22-14-7-9-17(25-2)18(12-14)26-3/h6-9,11-12H,4-5,10H2,1-3H3,(H2,22,23,24,28). The molecule has 0 atom stereocenters. The maximum atomic E-state index is 12.4. The number of halogens is 1. The Morgan fingerprint density at radius 3 is 2.43 bits per heavy atom. The van der Waals surface area contributed by atoms with Crippen molar-refractivity contribution in [2.24, 2.45) is 0 Å². The van der Waals surface area contributed by atoms with Gasteiger partial charge in [-0.2, -0.15) is 0 Å². The first-order valence-electron chi connectivity index (χ1n) is 8.75. The molecule has 0 saturated carbocycles. The van der Waals surface area contributed by atoms with Crippen LogP contribution in [0.1, 0.15) is 30.1 Å². The first-order chi connectivity index (χ1) is 13.5. The second-order valence-corrected chi connectivity index (χ2v) is 7.09. The molecule has 0 aliphatic rings. The van der Waals surface area contributed by atoms with E-state index in [-0.39, 0.29) is 11.0 Å². The molecule has 0 bridgehead atoms. The van der Waals surface area contributed by atoms with Crippen molar-refractivity contribution in [1.82, 2.24) is 5.32 Å². The molecule has 6 nitrogen and oxygen atoms in total. The third-order valence-corrected chi connectivity index (χ3v) is 4.64. The molecule has 0 spiro atoms. The number of anilines is 1. The van der Waals surface area contributed by atoms with Gasteiger partial charge in [0.1, 0.15) is 5.75 Å². The summed E-state index contributed by atoms with van der Waals surface area (Å²) in [5.74, 6) is 1.55. The lowest BCUT2D eigenvalue weighted by atomic mass is 10.2. The predicted octanol–water partition coefficient (Wildman–Crippen LogP) is 4.77. The molecule has 1 amide bonds. The molecule has 8 heteroatoms. The van der Waals surface area contributed by atoms with Gasteiger partial charge in [-0.1, -0.05) is 13.3 Å². The Bertz CT molecular complexity index is 845. The number of hydrogen-bond donors (Lipinski definition) is 2. The fourth-order valence-electron chi connectivity index (χ4n) is 2.34. The summed E-state index contributed by atoms with van der Waals surface area (Å²) >= 11 is 8.67. The lowest BCUT2D eigenvalue weighted by Crippen LogP contribution is -2.34. The van der Waals surface area contributed by atoms with Gasteiger partial charge < -0.3 is 19.5 Å². The summed E-state index contributed by atoms with van der Waals surface area (Å²) in [7, 11) is 3.11. The average Bonchev–Trinajstić information content (AvgIpc) is 2.69. The Balaban J connectivity index is 1.98. The highest BCUT2D eigenvalue weighted by Gasteiger charge is 2.12. The molecule has 0 radical (unpaired) electrons. The number of carbonyl (C=O) groups is 1. The van der Waals surface area contributed by atoms with E-state index >= 15 is 0 Å². The van der Waals surface area contributed by atoms with Crippen molar-refractivity contribution in [3.63, 3.8) is 0 Å². The van der Waals surface area contributed by atoms with Gasteiger partial charge in [0.15, 0.2) is 16.6 Å². The van der Waals surface area contributed by atoms with Crippen molar-refractivity contribution >= 4 is 44.9 Å². The predicted molar refractivity (Wildman–Crippen MR) is 118 cm³/mol. The van der Waals surface area contributed by atoms with E-state index in [0.717, 1.165) is 17.3 Å². The van der Waals surface area contributed by atoms with E-state index in [1.165, 1.54) is 0 Å². The largest absolute Gasteiger partial charge is 0.493 e. The molecule has 150 valence electrons. The van der Waals surface area contributed by atoms with Crippen LogP contribution in [0.2, 0.25) is 0 Å². The van der Waals surface area contributed by atoms with Crippen LogP contribution in [0.5, 0.6) is 17.2 Å². The Kier molecular flexibility index (Phi) is 8.53. The molecule has 0 aliphatic heterocycles. The molecule has 0 saturated heterocycles. The molecular formula is C20H23BrN2O4S. The molecule has 2 N–H and O–H groups in total. The zero-order valence-corrected chi connectivity index (χ0v) is 18.4. The van der Waals surface area contributed by atoms with Crippen molar-refractivity contribution in [3.8, 4) is 17.2 Å². The minimum atomic E-state index is -0.321. The van der Waals surface area contributed by atoms with Gasteiger partial charge in [0.25, 0.3) is 5.91 Å². The summed E-state index contributed by atoms with van der Waals surface area (Å²) in [6, 6.07) is 10.4. The van der Waals surface area contributed by atoms with Crippen LogP contribution in [-0.2, 0) is 0 Å². The SMILES string of the molecule is CCCCOc1ccc(C(=O)NC(=S)Nc2ccc(OC)c(OC)c2)cc1Br. The molecule has 2 aromatic rings. The van der Waals surface area contributed by atoms with Crippen molar-refractivity contribution < 1.29 is 19.0 Å². The Labute approximate surface area is 178 Å². The number of ether oxygens (including phenoxy) is 3. The van der Waals surface area contributed by atoms with Crippen LogP contribution in [0.25, 0.3) is 0 Å². The zero-order chi connectivity index (χ0) is 20.5. The zero-order valence-electron chi connectivity index (χ0n) is 16.0. The molecular weight excluding hydrogens is 444 g/mol. The smallest absolute Gasteiger partial charge is 0.257 e. The number of rotatable bonds is 8. The molecule has 0 aliphatic carbocycles. The molecule has 0 unspecified atom stereocenters. The number of methoxy groups -OCH3 is 2. The fourth-order valence-corrected chi connectivity index (χ4v) is 3.04. The van der Waals surface area contributed by atoms with Gasteiger partial charge in [0.2, 0.25) is 0 Å². The highest BCUT2D eigenvalue weighted by atomic mass is 79.9. The monoisotopic (exact) mass is 466 g/mol. The maximum absolute atomic E-state index is 12.4. The van der Waals surface area contributed by atoms with Crippen LogP contribution < -0.4 is 24.8 Å². The van der Waals surface area contributed by atoms with Crippen LogP contribution in [0.3, 0.4) is 0 Å². The lowest BCUT2D eigenvalue weighted by molar-refractivity contribution is 0.0977. The summed E-state index contributed by atoms with van der Waals surface area (Å²) in [5, 5.41) is 5.79. The number of hydrogen-bond acceptors (Lipinski definition) is 5. The number of benzene rings is 2. The fraction of sp³-hybridized carbons (Fsp3) is 0.300. The highest BCUT2D eigenvalue weighted by Crippen LogP contribution is 2.30. The quantitative estimate of drug-likeness (QED) is 0.431. The van der Waals surface area contributed by atoms with Crippen LogP contribution >= 0.6 is 28.1 Å². The highest BCUT2D eigenvalue weighted by molar-refractivity contribution is 9.10. The molecule has 0 fully saturated rings. The Morgan fingerprint density at radius 2 is 1.79 bits per heavy atom. The summed E-state index contributed by atoms with van der Waals surface area (Å²) < 4.78 is 16.8. The van der Waals surface area contributed by atoms with E-state index in [1.54, 1.807) is 50.6 Å². The van der Waals surface area contributed by atoms with E-state index < -0.39 is 0 Å².